The van der Waals surface area contributed by atoms with Gasteiger partial charge in [0.05, 0.1) is 19.2 Å². The van der Waals surface area contributed by atoms with Crippen molar-refractivity contribution in [2.75, 3.05) is 39.3 Å². The maximum atomic E-state index is 10.8. The van der Waals surface area contributed by atoms with Crippen molar-refractivity contribution in [2.45, 2.75) is 12.6 Å². The fraction of sp³-hybridized carbons (Fsp3) is 0.364. The zero-order valence-corrected chi connectivity index (χ0v) is 15.0. The number of hydrogen-bond donors (Lipinski definition) is 1. The summed E-state index contributed by atoms with van der Waals surface area (Å²) in [5, 5.41) is 13.2. The Labute approximate surface area is 154 Å². The molecule has 3 aromatic rings. The molecule has 4 rings (SSSR count). The minimum atomic E-state index is -0.395. The molecule has 0 spiro atoms. The average molecular weight is 347 g/mol. The lowest BCUT2D eigenvalue weighted by Gasteiger charge is -2.34. The molecule has 0 bridgehead atoms. The molecular formula is C22H25N3O. The van der Waals surface area contributed by atoms with Crippen molar-refractivity contribution in [3.05, 3.63) is 48.5 Å². The van der Waals surface area contributed by atoms with E-state index in [1.807, 2.05) is 0 Å². The molecule has 0 radical (unpaired) electrons. The van der Waals surface area contributed by atoms with Crippen molar-refractivity contribution < 1.29 is 5.11 Å². The molecule has 1 N–H and O–H groups in total. The number of benzene rings is 2. The quantitative estimate of drug-likeness (QED) is 0.719. The monoisotopic (exact) mass is 347 g/mol. The number of para-hydroxylation sites is 2. The Hall–Kier alpha value is -2.32. The predicted molar refractivity (Wildman–Crippen MR) is 107 cm³/mol. The zero-order valence-electron chi connectivity index (χ0n) is 15.0. The molecule has 4 heteroatoms. The predicted octanol–water partition coefficient (Wildman–Crippen LogP) is 2.41. The second-order valence-corrected chi connectivity index (χ2v) is 7.08. The van der Waals surface area contributed by atoms with E-state index in [-0.39, 0.29) is 0 Å². The van der Waals surface area contributed by atoms with E-state index in [2.05, 4.69) is 68.8 Å². The molecule has 1 saturated heterocycles. The fourth-order valence-electron chi connectivity index (χ4n) is 4.03. The highest BCUT2D eigenvalue weighted by Crippen LogP contribution is 2.28. The number of nitrogens with zero attached hydrogens (tertiary/aromatic N) is 3. The molecule has 1 fully saturated rings. The van der Waals surface area contributed by atoms with Crippen LogP contribution in [0.2, 0.25) is 0 Å². The van der Waals surface area contributed by atoms with Crippen LogP contribution >= 0.6 is 0 Å². The Morgan fingerprint density at radius 1 is 0.846 bits per heavy atom. The normalized spacial score (nSPS) is 17.5. The van der Waals surface area contributed by atoms with Gasteiger partial charge in [-0.15, -0.1) is 6.42 Å². The second kappa shape index (κ2) is 7.51. The number of hydrogen-bond acceptors (Lipinski definition) is 3. The number of aliphatic hydroxyl groups is 1. The Morgan fingerprint density at radius 3 is 1.96 bits per heavy atom. The molecule has 134 valence electrons. The molecule has 0 aliphatic carbocycles. The van der Waals surface area contributed by atoms with Gasteiger partial charge in [0.2, 0.25) is 0 Å². The first-order chi connectivity index (χ1) is 12.8. The SMILES string of the molecule is C#CCN1CCN(CC(O)Cn2c3ccccc3c3ccccc32)CC1. The number of piperazine rings is 1. The van der Waals surface area contributed by atoms with Gasteiger partial charge < -0.3 is 9.67 Å². The lowest BCUT2D eigenvalue weighted by Crippen LogP contribution is -2.48. The van der Waals surface area contributed by atoms with E-state index in [9.17, 15) is 5.11 Å². The van der Waals surface area contributed by atoms with Gasteiger partial charge in [0.15, 0.2) is 0 Å². The van der Waals surface area contributed by atoms with Crippen molar-refractivity contribution >= 4 is 21.8 Å². The molecule has 1 unspecified atom stereocenters. The van der Waals surface area contributed by atoms with Crippen LogP contribution in [0.3, 0.4) is 0 Å². The van der Waals surface area contributed by atoms with Gasteiger partial charge >= 0.3 is 0 Å². The summed E-state index contributed by atoms with van der Waals surface area (Å²) in [5.41, 5.74) is 2.37. The van der Waals surface area contributed by atoms with Crippen molar-refractivity contribution in [1.29, 1.82) is 0 Å². The molecule has 2 aromatic carbocycles. The number of aliphatic hydroxyl groups excluding tert-OH is 1. The molecule has 0 amide bonds. The van der Waals surface area contributed by atoms with Gasteiger partial charge in [-0.05, 0) is 12.1 Å². The third kappa shape index (κ3) is 3.34. The van der Waals surface area contributed by atoms with Crippen LogP contribution in [0.4, 0.5) is 0 Å². The molecule has 2 heterocycles. The first kappa shape index (κ1) is 17.1. The maximum Gasteiger partial charge on any atom is 0.0845 e. The van der Waals surface area contributed by atoms with Crippen LogP contribution < -0.4 is 0 Å². The summed E-state index contributed by atoms with van der Waals surface area (Å²) in [7, 11) is 0. The van der Waals surface area contributed by atoms with Gasteiger partial charge in [0.25, 0.3) is 0 Å². The van der Waals surface area contributed by atoms with E-state index in [1.54, 1.807) is 0 Å². The third-order valence-electron chi connectivity index (χ3n) is 5.32. The summed E-state index contributed by atoms with van der Waals surface area (Å²) in [5.74, 6) is 2.71. The maximum absolute atomic E-state index is 10.8. The van der Waals surface area contributed by atoms with Crippen LogP contribution in [0.5, 0.6) is 0 Å². The highest BCUT2D eigenvalue weighted by molar-refractivity contribution is 6.07. The topological polar surface area (TPSA) is 31.6 Å². The van der Waals surface area contributed by atoms with Crippen LogP contribution in [0.25, 0.3) is 21.8 Å². The van der Waals surface area contributed by atoms with Crippen molar-refractivity contribution in [3.63, 3.8) is 0 Å². The summed E-state index contributed by atoms with van der Waals surface area (Å²) in [4.78, 5) is 4.63. The third-order valence-corrected chi connectivity index (χ3v) is 5.32. The fourth-order valence-corrected chi connectivity index (χ4v) is 4.03. The summed E-state index contributed by atoms with van der Waals surface area (Å²) < 4.78 is 2.25. The molecule has 4 nitrogen and oxygen atoms in total. The largest absolute Gasteiger partial charge is 0.390 e. The molecule has 0 saturated carbocycles. The molecular weight excluding hydrogens is 322 g/mol. The number of β-amino-alcohol motifs (C(OH)–C–C–N with tert-alkyl or cyclic N) is 1. The van der Waals surface area contributed by atoms with Crippen LogP contribution in [-0.4, -0.2) is 64.8 Å². The minimum absolute atomic E-state index is 0.395. The summed E-state index contributed by atoms with van der Waals surface area (Å²) in [6, 6.07) is 16.9. The first-order valence-electron chi connectivity index (χ1n) is 9.28. The Kier molecular flexibility index (Phi) is 4.94. The summed E-state index contributed by atoms with van der Waals surface area (Å²) >= 11 is 0. The van der Waals surface area contributed by atoms with Crippen molar-refractivity contribution in [2.24, 2.45) is 0 Å². The van der Waals surface area contributed by atoms with Gasteiger partial charge in [-0.3, -0.25) is 9.80 Å². The van der Waals surface area contributed by atoms with Crippen LogP contribution in [-0.2, 0) is 6.54 Å². The van der Waals surface area contributed by atoms with Gasteiger partial charge in [-0.25, -0.2) is 0 Å². The highest BCUT2D eigenvalue weighted by atomic mass is 16.3. The number of rotatable bonds is 5. The van der Waals surface area contributed by atoms with Crippen LogP contribution in [0.15, 0.2) is 48.5 Å². The summed E-state index contributed by atoms with van der Waals surface area (Å²) in [6.45, 7) is 5.91. The Balaban J connectivity index is 1.49. The number of fused-ring (bicyclic) bond motifs is 3. The van der Waals surface area contributed by atoms with Gasteiger partial charge in [-0.2, -0.15) is 0 Å². The van der Waals surface area contributed by atoms with Crippen LogP contribution in [0, 0.1) is 12.3 Å². The van der Waals surface area contributed by atoms with E-state index >= 15 is 0 Å². The number of terminal acetylenes is 1. The van der Waals surface area contributed by atoms with E-state index in [0.717, 1.165) is 32.7 Å². The Bertz CT molecular complexity index is 878. The van der Waals surface area contributed by atoms with E-state index in [4.69, 9.17) is 6.42 Å². The minimum Gasteiger partial charge on any atom is -0.390 e. The van der Waals surface area contributed by atoms with Gasteiger partial charge in [-0.1, -0.05) is 42.3 Å². The Morgan fingerprint density at radius 2 is 1.38 bits per heavy atom. The van der Waals surface area contributed by atoms with E-state index in [1.165, 1.54) is 21.8 Å². The molecule has 1 aromatic heterocycles. The lowest BCUT2D eigenvalue weighted by atomic mass is 10.2. The highest BCUT2D eigenvalue weighted by Gasteiger charge is 2.20. The molecule has 1 aliphatic rings. The van der Waals surface area contributed by atoms with Crippen molar-refractivity contribution in [3.8, 4) is 12.3 Å². The number of aromatic nitrogens is 1. The van der Waals surface area contributed by atoms with Crippen molar-refractivity contribution in [1.82, 2.24) is 14.4 Å². The van der Waals surface area contributed by atoms with E-state index < -0.39 is 6.10 Å². The van der Waals surface area contributed by atoms with Gasteiger partial charge in [0, 0.05) is 54.5 Å². The standard InChI is InChI=1S/C22H25N3O/c1-2-11-23-12-14-24(15-13-23)16-18(26)17-25-21-9-5-3-7-19(21)20-8-4-6-10-22(20)25/h1,3-10,18,26H,11-17H2. The summed E-state index contributed by atoms with van der Waals surface area (Å²) in [6.07, 6.45) is 5.00. The molecule has 1 aliphatic heterocycles. The lowest BCUT2D eigenvalue weighted by molar-refractivity contribution is 0.0693. The molecule has 1 atom stereocenters. The second-order valence-electron chi connectivity index (χ2n) is 7.08. The average Bonchev–Trinajstić information content (AvgIpc) is 2.98. The van der Waals surface area contributed by atoms with Crippen LogP contribution in [0.1, 0.15) is 0 Å². The van der Waals surface area contributed by atoms with E-state index in [0.29, 0.717) is 13.1 Å². The van der Waals surface area contributed by atoms with Gasteiger partial charge in [0.1, 0.15) is 0 Å². The smallest absolute Gasteiger partial charge is 0.0845 e. The first-order valence-corrected chi connectivity index (χ1v) is 9.28. The zero-order chi connectivity index (χ0) is 17.9. The molecule has 26 heavy (non-hydrogen) atoms.